The second-order valence-corrected chi connectivity index (χ2v) is 23.5. The highest BCUT2D eigenvalue weighted by Crippen LogP contribution is 2.33. The number of nitrogens with zero attached hydrogens (tertiary/aromatic N) is 5. The summed E-state index contributed by atoms with van der Waals surface area (Å²) in [7, 11) is 6.27. The Hall–Kier alpha value is -8.10. The fourth-order valence-corrected chi connectivity index (χ4v) is 10.5. The lowest BCUT2D eigenvalue weighted by Crippen LogP contribution is -2.53. The van der Waals surface area contributed by atoms with E-state index in [0.29, 0.717) is 92.6 Å². The molecule has 474 valence electrons. The van der Waals surface area contributed by atoms with Gasteiger partial charge in [0.05, 0.1) is 32.7 Å². The summed E-state index contributed by atoms with van der Waals surface area (Å²) in [6, 6.07) is 17.5. The Bertz CT molecular complexity index is 2890. The summed E-state index contributed by atoms with van der Waals surface area (Å²) >= 11 is 0. The molecule has 21 nitrogen and oxygen atoms in total. The van der Waals surface area contributed by atoms with Crippen LogP contribution in [0.1, 0.15) is 147 Å². The summed E-state index contributed by atoms with van der Waals surface area (Å²) in [6.45, 7) is 10.3. The molecule has 5 rings (SSSR count). The molecule has 2 bridgehead atoms. The second kappa shape index (κ2) is 34.3. The zero-order valence-electron chi connectivity index (χ0n) is 52.6. The van der Waals surface area contributed by atoms with Crippen molar-refractivity contribution in [3.63, 3.8) is 0 Å². The molecule has 3 aromatic carbocycles. The van der Waals surface area contributed by atoms with Gasteiger partial charge < -0.3 is 54.1 Å². The molecule has 0 spiro atoms. The minimum absolute atomic E-state index is 0.0290. The number of fused-ring (bicyclic) bond motifs is 3. The number of carbonyl (C=O) groups excluding carboxylic acids is 10. The van der Waals surface area contributed by atoms with Crippen LogP contribution in [0.5, 0.6) is 11.5 Å². The Labute approximate surface area is 512 Å². The molecular formula is C66H91N7O14. The van der Waals surface area contributed by atoms with Gasteiger partial charge in [0.15, 0.2) is 11.5 Å². The Morgan fingerprint density at radius 2 is 1.38 bits per heavy atom. The first-order valence-electron chi connectivity index (χ1n) is 30.4. The molecule has 2 heterocycles. The zero-order valence-corrected chi connectivity index (χ0v) is 52.6. The zero-order chi connectivity index (χ0) is 63.8. The molecule has 0 aliphatic carbocycles. The molecule has 7 amide bonds. The van der Waals surface area contributed by atoms with Crippen LogP contribution in [0.2, 0.25) is 0 Å². The van der Waals surface area contributed by atoms with Gasteiger partial charge in [-0.05, 0) is 131 Å². The summed E-state index contributed by atoms with van der Waals surface area (Å²) in [4.78, 5) is 147. The number of anilines is 1. The van der Waals surface area contributed by atoms with Gasteiger partial charge in [0.1, 0.15) is 30.8 Å². The van der Waals surface area contributed by atoms with Gasteiger partial charge in [0, 0.05) is 64.9 Å². The highest BCUT2D eigenvalue weighted by Gasteiger charge is 2.43. The van der Waals surface area contributed by atoms with Crippen molar-refractivity contribution in [2.24, 2.45) is 11.3 Å². The molecule has 3 aromatic rings. The van der Waals surface area contributed by atoms with E-state index >= 15 is 0 Å². The lowest BCUT2D eigenvalue weighted by molar-refractivity contribution is -0.165. The molecule has 0 radical (unpaired) electrons. The molecule has 2 aliphatic rings. The SMILES string of the molecule is CCCN1CC(=O)N(C)[C@@H](CC(C)C)C(=O)N(C)CCCC/C=C/C(=O)OCC(C)(C)C(=O)C(=O)N2CCCC[C@H]2C(=O)O[C@H](CCc2ccc(OC)c(OC)c2)c2cccc(c2)NC(=O)CCC(=O)NC(c2ccccc2)C(=O)N(CCC)CC1=O. The fourth-order valence-electron chi connectivity index (χ4n) is 10.5. The Kier molecular flexibility index (Phi) is 27.5. The minimum atomic E-state index is -1.47. The molecule has 0 aromatic heterocycles. The third-order valence-corrected chi connectivity index (χ3v) is 15.5. The van der Waals surface area contributed by atoms with E-state index in [2.05, 4.69) is 10.6 Å². The van der Waals surface area contributed by atoms with E-state index in [0.717, 1.165) is 5.56 Å². The molecule has 0 saturated carbocycles. The number of nitrogens with one attached hydrogen (secondary N) is 2. The first-order valence-corrected chi connectivity index (χ1v) is 30.4. The number of allylic oxidation sites excluding steroid dienone is 1. The van der Waals surface area contributed by atoms with Crippen LogP contribution in [-0.2, 0) is 63.8 Å². The van der Waals surface area contributed by atoms with Crippen molar-refractivity contribution in [3.05, 3.63) is 102 Å². The average Bonchev–Trinajstić information content (AvgIpc) is 2.06. The van der Waals surface area contributed by atoms with Crippen molar-refractivity contribution in [2.45, 2.75) is 149 Å². The van der Waals surface area contributed by atoms with Crippen LogP contribution >= 0.6 is 0 Å². The smallest absolute Gasteiger partial charge is 0.330 e. The van der Waals surface area contributed by atoms with Crippen molar-refractivity contribution in [3.8, 4) is 11.5 Å². The number of hydrogen-bond acceptors (Lipinski definition) is 14. The van der Waals surface area contributed by atoms with Crippen LogP contribution in [-0.4, -0.2) is 170 Å². The first-order chi connectivity index (χ1) is 41.5. The number of Topliss-reactive ketones (excluding diaryl/α,β-unsaturated/α-hetero) is 1. The van der Waals surface area contributed by atoms with E-state index < -0.39 is 96.0 Å². The average molecular weight is 1210 g/mol. The van der Waals surface area contributed by atoms with Crippen LogP contribution in [0.3, 0.4) is 0 Å². The molecular weight excluding hydrogens is 1110 g/mol. The molecule has 1 unspecified atom stereocenters. The van der Waals surface area contributed by atoms with E-state index in [-0.39, 0.29) is 63.7 Å². The standard InChI is InChI=1S/C66H91N7O14/c1-11-35-71-42-57(76)70(8)51(39-45(3)4)62(80)69(7)37-20-14-13-18-28-59(78)86-44-66(5,6)61(79)64(82)73-38-21-19-27-50(73)65(83)87-52(31-29-46-30-32-53(84-9)54(40-46)85-10)48-25-22-26-49(41-48)67-55(74)33-34-56(75)68-60(47-23-16-15-17-24-47)63(81)72(36-12-2)43-58(71)77/h15-18,22-26,28,30,32,40-41,45,50-52,60H,11-14,19-21,27,29,31,33-39,42-44H2,1-10H3,(H,67,74)(H,68,75)/b28-18+/t50-,51-,52+,60?/m0/s1. The summed E-state index contributed by atoms with van der Waals surface area (Å²) in [5.74, 6) is -5.08. The summed E-state index contributed by atoms with van der Waals surface area (Å²) in [6.07, 6.45) is 6.22. The van der Waals surface area contributed by atoms with Crippen LogP contribution < -0.4 is 20.1 Å². The quantitative estimate of drug-likeness (QED) is 0.131. The second-order valence-electron chi connectivity index (χ2n) is 23.5. The molecule has 2 aliphatic heterocycles. The number of cyclic esters (lactones) is 2. The van der Waals surface area contributed by atoms with Crippen LogP contribution in [0.15, 0.2) is 84.9 Å². The molecule has 87 heavy (non-hydrogen) atoms. The number of esters is 2. The topological polar surface area (TPSA) is 248 Å². The van der Waals surface area contributed by atoms with E-state index in [4.69, 9.17) is 18.9 Å². The predicted molar refractivity (Wildman–Crippen MR) is 328 cm³/mol. The van der Waals surface area contributed by atoms with Gasteiger partial charge in [-0.3, -0.25) is 38.4 Å². The van der Waals surface area contributed by atoms with Gasteiger partial charge in [-0.2, -0.15) is 0 Å². The molecule has 2 N–H and O–H groups in total. The normalized spacial score (nSPS) is 21.7. The highest BCUT2D eigenvalue weighted by atomic mass is 16.5. The van der Waals surface area contributed by atoms with Crippen LogP contribution in [0.25, 0.3) is 0 Å². The van der Waals surface area contributed by atoms with Crippen LogP contribution in [0.4, 0.5) is 5.69 Å². The van der Waals surface area contributed by atoms with Crippen molar-refractivity contribution in [2.75, 3.05) is 79.5 Å². The molecule has 1 saturated heterocycles. The van der Waals surface area contributed by atoms with Crippen LogP contribution in [0, 0.1) is 11.3 Å². The number of aryl methyl sites for hydroxylation is 1. The largest absolute Gasteiger partial charge is 0.493 e. The number of hydrogen-bond donors (Lipinski definition) is 2. The molecule has 21 heteroatoms. The van der Waals surface area contributed by atoms with Crippen molar-refractivity contribution >= 4 is 64.8 Å². The lowest BCUT2D eigenvalue weighted by Gasteiger charge is -2.36. The van der Waals surface area contributed by atoms with Crippen molar-refractivity contribution < 1.29 is 66.9 Å². The summed E-state index contributed by atoms with van der Waals surface area (Å²) < 4.78 is 22.8. The lowest BCUT2D eigenvalue weighted by atomic mass is 9.87. The maximum atomic E-state index is 14.7. The third kappa shape index (κ3) is 20.8. The maximum absolute atomic E-state index is 14.7. The fraction of sp³-hybridized carbons (Fsp3) is 0.545. The number of methoxy groups -OCH3 is 2. The maximum Gasteiger partial charge on any atom is 0.330 e. The number of amides is 7. The number of ether oxygens (including phenoxy) is 4. The Morgan fingerprint density at radius 3 is 2.07 bits per heavy atom. The van der Waals surface area contributed by atoms with Gasteiger partial charge in [-0.15, -0.1) is 0 Å². The number of benzene rings is 3. The van der Waals surface area contributed by atoms with E-state index in [1.165, 1.54) is 53.7 Å². The van der Waals surface area contributed by atoms with E-state index in [1.54, 1.807) is 85.7 Å². The molecule has 1 fully saturated rings. The number of likely N-dealkylation sites (N-methyl/N-ethyl adjacent to an activating group) is 2. The van der Waals surface area contributed by atoms with Gasteiger partial charge in [-0.1, -0.05) is 82.3 Å². The third-order valence-electron chi connectivity index (χ3n) is 15.5. The van der Waals surface area contributed by atoms with Gasteiger partial charge >= 0.3 is 11.9 Å². The Morgan fingerprint density at radius 1 is 0.713 bits per heavy atom. The Balaban J connectivity index is 1.46. The van der Waals surface area contributed by atoms with Gasteiger partial charge in [0.2, 0.25) is 41.2 Å². The number of ketones is 1. The summed E-state index contributed by atoms with van der Waals surface area (Å²) in [5, 5.41) is 5.66. The number of piperidine rings is 1. The monoisotopic (exact) mass is 1210 g/mol. The van der Waals surface area contributed by atoms with E-state index in [1.807, 2.05) is 39.8 Å². The van der Waals surface area contributed by atoms with Gasteiger partial charge in [-0.25, -0.2) is 9.59 Å². The van der Waals surface area contributed by atoms with E-state index in [9.17, 15) is 47.9 Å². The number of rotatable bonds is 12. The highest BCUT2D eigenvalue weighted by molar-refractivity contribution is 6.38. The first kappa shape index (κ1) is 69.7. The number of carbonyl (C=O) groups is 10. The predicted octanol–water partition coefficient (Wildman–Crippen LogP) is 7.57. The van der Waals surface area contributed by atoms with Crippen molar-refractivity contribution in [1.82, 2.24) is 29.8 Å². The molecule has 4 atom stereocenters. The minimum Gasteiger partial charge on any atom is -0.493 e. The van der Waals surface area contributed by atoms with Crippen molar-refractivity contribution in [1.29, 1.82) is 0 Å². The van der Waals surface area contributed by atoms with Gasteiger partial charge in [0.25, 0.3) is 5.91 Å². The summed E-state index contributed by atoms with van der Waals surface area (Å²) in [5.41, 5.74) is 0.652.